The van der Waals surface area contributed by atoms with Crippen molar-refractivity contribution < 1.29 is 4.42 Å². The van der Waals surface area contributed by atoms with Crippen LogP contribution in [0.25, 0.3) is 55.3 Å². The average molecular weight is 706 g/mol. The third-order valence-electron chi connectivity index (χ3n) is 12.6. The molecule has 0 aliphatic heterocycles. The van der Waals surface area contributed by atoms with Gasteiger partial charge in [-0.15, -0.1) is 0 Å². The molecule has 0 amide bonds. The molecule has 11 rings (SSSR count). The van der Waals surface area contributed by atoms with E-state index < -0.39 is 0 Å². The molecule has 1 atom stereocenters. The number of hydrogen-bond acceptors (Lipinski definition) is 2. The largest absolute Gasteiger partial charge is 0.455 e. The van der Waals surface area contributed by atoms with Crippen LogP contribution in [0.1, 0.15) is 48.6 Å². The Balaban J connectivity index is 1.17. The maximum Gasteiger partial charge on any atom is 0.143 e. The van der Waals surface area contributed by atoms with E-state index in [1.807, 2.05) is 6.07 Å². The summed E-state index contributed by atoms with van der Waals surface area (Å²) in [6, 6.07) is 66.7. The summed E-state index contributed by atoms with van der Waals surface area (Å²) in [7, 11) is 0. The Labute approximate surface area is 322 Å². The first kappa shape index (κ1) is 31.8. The van der Waals surface area contributed by atoms with E-state index in [1.54, 1.807) is 0 Å². The SMILES string of the molecule is CC1(C)c2ccccc2-c2ccc(N(c3ccc4c(c3)C(C)(c3ccccc3)c3ccccc3-4)c3ccccc3-c3cccc4c3oc3ccccc34)cc21. The lowest BCUT2D eigenvalue weighted by molar-refractivity contribution is 0.660. The van der Waals surface area contributed by atoms with Gasteiger partial charge in [0.2, 0.25) is 0 Å². The van der Waals surface area contributed by atoms with Gasteiger partial charge in [-0.3, -0.25) is 0 Å². The van der Waals surface area contributed by atoms with Gasteiger partial charge >= 0.3 is 0 Å². The highest BCUT2D eigenvalue weighted by atomic mass is 16.3. The Morgan fingerprint density at radius 2 is 0.945 bits per heavy atom. The second-order valence-corrected chi connectivity index (χ2v) is 15.8. The Morgan fingerprint density at radius 3 is 1.73 bits per heavy atom. The maximum atomic E-state index is 6.66. The van der Waals surface area contributed by atoms with Crippen LogP contribution in [0.5, 0.6) is 0 Å². The molecule has 2 aliphatic rings. The van der Waals surface area contributed by atoms with E-state index >= 15 is 0 Å². The highest BCUT2D eigenvalue weighted by Gasteiger charge is 2.41. The molecule has 0 bridgehead atoms. The van der Waals surface area contributed by atoms with Gasteiger partial charge in [0.1, 0.15) is 11.2 Å². The summed E-state index contributed by atoms with van der Waals surface area (Å²) in [5.74, 6) is 0. The van der Waals surface area contributed by atoms with Crippen molar-refractivity contribution in [3.05, 3.63) is 210 Å². The van der Waals surface area contributed by atoms with Crippen LogP contribution in [0.15, 0.2) is 186 Å². The number of rotatable bonds is 5. The van der Waals surface area contributed by atoms with E-state index in [1.165, 1.54) is 50.1 Å². The second kappa shape index (κ2) is 11.7. The van der Waals surface area contributed by atoms with Gasteiger partial charge in [-0.2, -0.15) is 0 Å². The van der Waals surface area contributed by atoms with Gasteiger partial charge in [-0.25, -0.2) is 0 Å². The maximum absolute atomic E-state index is 6.66. The number of para-hydroxylation sites is 3. The van der Waals surface area contributed by atoms with Crippen molar-refractivity contribution in [2.75, 3.05) is 4.90 Å². The number of benzene rings is 8. The van der Waals surface area contributed by atoms with Crippen molar-refractivity contribution in [2.45, 2.75) is 31.6 Å². The van der Waals surface area contributed by atoms with Gasteiger partial charge in [-0.1, -0.05) is 159 Å². The van der Waals surface area contributed by atoms with E-state index in [-0.39, 0.29) is 10.8 Å². The standard InChI is InChI=1S/C53H39NO/c1-52(2)45-24-11-7-18-37(45)39-30-28-35(32-47(39)52)54(49-26-13-9-20-41(49)43-22-15-23-44-42-21-10-14-27-50(42)55-51(43)44)36-29-31-40-38-19-8-12-25-46(38)53(3,48(40)33-36)34-16-5-4-6-17-34/h4-33H,1-3H3. The molecular formula is C53H39NO. The number of fused-ring (bicyclic) bond motifs is 9. The van der Waals surface area contributed by atoms with E-state index in [4.69, 9.17) is 4.42 Å². The molecule has 0 saturated heterocycles. The zero-order valence-electron chi connectivity index (χ0n) is 31.2. The molecule has 2 heteroatoms. The molecule has 8 aromatic carbocycles. The summed E-state index contributed by atoms with van der Waals surface area (Å²) in [6.45, 7) is 7.12. The topological polar surface area (TPSA) is 16.4 Å². The lowest BCUT2D eigenvalue weighted by atomic mass is 9.74. The van der Waals surface area contributed by atoms with Crippen molar-refractivity contribution in [1.29, 1.82) is 0 Å². The number of hydrogen-bond donors (Lipinski definition) is 0. The van der Waals surface area contributed by atoms with Crippen LogP contribution >= 0.6 is 0 Å². The minimum Gasteiger partial charge on any atom is -0.455 e. The summed E-state index contributed by atoms with van der Waals surface area (Å²) in [6.07, 6.45) is 0. The molecule has 1 heterocycles. The molecule has 0 saturated carbocycles. The average Bonchev–Trinajstić information content (AvgIpc) is 3.82. The molecule has 55 heavy (non-hydrogen) atoms. The molecule has 0 N–H and O–H groups in total. The lowest BCUT2D eigenvalue weighted by Gasteiger charge is -2.32. The van der Waals surface area contributed by atoms with E-state index in [0.29, 0.717) is 0 Å². The summed E-state index contributed by atoms with van der Waals surface area (Å²) in [4.78, 5) is 2.48. The van der Waals surface area contributed by atoms with E-state index in [9.17, 15) is 0 Å². The first-order valence-corrected chi connectivity index (χ1v) is 19.3. The van der Waals surface area contributed by atoms with Crippen LogP contribution in [0.3, 0.4) is 0 Å². The van der Waals surface area contributed by atoms with Crippen molar-refractivity contribution >= 4 is 39.0 Å². The van der Waals surface area contributed by atoms with Crippen LogP contribution in [0.4, 0.5) is 17.1 Å². The number of nitrogens with zero attached hydrogens (tertiary/aromatic N) is 1. The fraction of sp³-hybridized carbons (Fsp3) is 0.0943. The minimum absolute atomic E-state index is 0.140. The number of furan rings is 1. The summed E-state index contributed by atoms with van der Waals surface area (Å²) >= 11 is 0. The Bertz CT molecular complexity index is 2990. The van der Waals surface area contributed by atoms with Crippen LogP contribution in [-0.4, -0.2) is 0 Å². The first-order chi connectivity index (χ1) is 26.9. The van der Waals surface area contributed by atoms with E-state index in [0.717, 1.165) is 50.1 Å². The van der Waals surface area contributed by atoms with Gasteiger partial charge in [-0.05, 0) is 93.4 Å². The zero-order valence-corrected chi connectivity index (χ0v) is 31.2. The lowest BCUT2D eigenvalue weighted by Crippen LogP contribution is -2.23. The van der Waals surface area contributed by atoms with E-state index in [2.05, 4.69) is 202 Å². The Kier molecular flexibility index (Phi) is 6.76. The Morgan fingerprint density at radius 1 is 0.400 bits per heavy atom. The van der Waals surface area contributed by atoms with Crippen molar-refractivity contribution in [3.63, 3.8) is 0 Å². The summed E-state index contributed by atoms with van der Waals surface area (Å²) in [5, 5.41) is 2.26. The monoisotopic (exact) mass is 705 g/mol. The molecular weight excluding hydrogens is 667 g/mol. The molecule has 9 aromatic rings. The Hall–Kier alpha value is -6.64. The van der Waals surface area contributed by atoms with Gasteiger partial charge in [0.25, 0.3) is 0 Å². The van der Waals surface area contributed by atoms with Crippen LogP contribution in [0, 0.1) is 0 Å². The fourth-order valence-corrected chi connectivity index (χ4v) is 9.82. The molecule has 1 aromatic heterocycles. The smallest absolute Gasteiger partial charge is 0.143 e. The first-order valence-electron chi connectivity index (χ1n) is 19.3. The molecule has 2 nitrogen and oxygen atoms in total. The number of anilines is 3. The predicted octanol–water partition coefficient (Wildman–Crippen LogP) is 14.4. The molecule has 2 aliphatic carbocycles. The van der Waals surface area contributed by atoms with Crippen molar-refractivity contribution in [2.24, 2.45) is 0 Å². The van der Waals surface area contributed by atoms with Gasteiger partial charge < -0.3 is 9.32 Å². The summed E-state index contributed by atoms with van der Waals surface area (Å²) < 4.78 is 6.66. The molecule has 0 fully saturated rings. The molecule has 0 radical (unpaired) electrons. The molecule has 1 unspecified atom stereocenters. The van der Waals surface area contributed by atoms with Gasteiger partial charge in [0.15, 0.2) is 0 Å². The van der Waals surface area contributed by atoms with Crippen LogP contribution < -0.4 is 4.90 Å². The minimum atomic E-state index is -0.324. The zero-order chi connectivity index (χ0) is 36.9. The van der Waals surface area contributed by atoms with Crippen LogP contribution in [0.2, 0.25) is 0 Å². The van der Waals surface area contributed by atoms with Gasteiger partial charge in [0, 0.05) is 44.1 Å². The predicted molar refractivity (Wildman–Crippen MR) is 229 cm³/mol. The third-order valence-corrected chi connectivity index (χ3v) is 12.6. The van der Waals surface area contributed by atoms with Gasteiger partial charge in [0.05, 0.1) is 5.69 Å². The third kappa shape index (κ3) is 4.49. The van der Waals surface area contributed by atoms with Crippen molar-refractivity contribution in [1.82, 2.24) is 0 Å². The highest BCUT2D eigenvalue weighted by Crippen LogP contribution is 2.55. The summed E-state index contributed by atoms with van der Waals surface area (Å²) in [5.41, 5.74) is 18.8. The molecule has 262 valence electrons. The molecule has 0 spiro atoms. The van der Waals surface area contributed by atoms with Crippen molar-refractivity contribution in [3.8, 4) is 33.4 Å². The van der Waals surface area contributed by atoms with Crippen LogP contribution in [-0.2, 0) is 10.8 Å². The highest BCUT2D eigenvalue weighted by molar-refractivity contribution is 6.11. The second-order valence-electron chi connectivity index (χ2n) is 15.8. The normalized spacial score (nSPS) is 16.1. The quantitative estimate of drug-likeness (QED) is 0.177. The fourth-order valence-electron chi connectivity index (χ4n) is 9.82.